The van der Waals surface area contributed by atoms with Gasteiger partial charge in [0.25, 0.3) is 5.91 Å². The molecule has 2 N–H and O–H groups in total. The van der Waals surface area contributed by atoms with Crippen molar-refractivity contribution in [3.8, 4) is 0 Å². The Labute approximate surface area is 190 Å². The molecule has 2 unspecified atom stereocenters. The first-order valence-corrected chi connectivity index (χ1v) is 11.7. The fourth-order valence-corrected chi connectivity index (χ4v) is 5.31. The quantitative estimate of drug-likeness (QED) is 0.685. The number of carbonyl (C=O) groups excluding carboxylic acids is 3. The molecule has 32 heavy (non-hydrogen) atoms. The third-order valence-corrected chi connectivity index (χ3v) is 7.42. The Bertz CT molecular complexity index is 875. The van der Waals surface area contributed by atoms with E-state index in [0.29, 0.717) is 13.2 Å². The van der Waals surface area contributed by atoms with E-state index >= 15 is 0 Å². The number of imide groups is 1. The second-order valence-corrected chi connectivity index (χ2v) is 9.63. The van der Waals surface area contributed by atoms with Gasteiger partial charge in [0.1, 0.15) is 5.54 Å². The molecule has 4 amide bonds. The summed E-state index contributed by atoms with van der Waals surface area (Å²) in [4.78, 5) is 44.0. The number of anilines is 1. The Morgan fingerprint density at radius 1 is 1.09 bits per heavy atom. The Morgan fingerprint density at radius 3 is 2.41 bits per heavy atom. The average molecular weight is 442 g/mol. The first-order chi connectivity index (χ1) is 15.3. The molecule has 2 heterocycles. The summed E-state index contributed by atoms with van der Waals surface area (Å²) in [6.45, 7) is 9.62. The summed E-state index contributed by atoms with van der Waals surface area (Å²) >= 11 is 0. The van der Waals surface area contributed by atoms with Crippen molar-refractivity contribution in [2.75, 3.05) is 44.7 Å². The van der Waals surface area contributed by atoms with Crippen molar-refractivity contribution < 1.29 is 14.4 Å². The molecule has 4 rings (SSSR count). The molecule has 2 aliphatic heterocycles. The molecule has 1 aliphatic carbocycles. The maximum absolute atomic E-state index is 13.2. The zero-order valence-electron chi connectivity index (χ0n) is 19.4. The van der Waals surface area contributed by atoms with Crippen LogP contribution >= 0.6 is 0 Å². The van der Waals surface area contributed by atoms with Crippen molar-refractivity contribution in [1.82, 2.24) is 20.0 Å². The largest absolute Gasteiger partial charge is 0.326 e. The summed E-state index contributed by atoms with van der Waals surface area (Å²) in [6.07, 6.45) is 3.80. The van der Waals surface area contributed by atoms with E-state index in [4.69, 9.17) is 0 Å². The SMILES string of the molecule is Cc1cccc(C)c1NC(=O)CN1CCN(CN2C(=O)NC3(CCCCC3C)C2=O)CC1. The summed E-state index contributed by atoms with van der Waals surface area (Å²) in [5.41, 5.74) is 2.30. The third-order valence-electron chi connectivity index (χ3n) is 7.42. The summed E-state index contributed by atoms with van der Waals surface area (Å²) in [5, 5.41) is 6.07. The van der Waals surface area contributed by atoms with Gasteiger partial charge in [0.2, 0.25) is 5.91 Å². The van der Waals surface area contributed by atoms with Crippen molar-refractivity contribution in [2.45, 2.75) is 52.0 Å². The van der Waals surface area contributed by atoms with Crippen molar-refractivity contribution in [3.63, 3.8) is 0 Å². The van der Waals surface area contributed by atoms with Gasteiger partial charge in [0, 0.05) is 31.9 Å². The number of benzene rings is 1. The van der Waals surface area contributed by atoms with Crippen LogP contribution in [0.2, 0.25) is 0 Å². The predicted octanol–water partition coefficient (Wildman–Crippen LogP) is 2.32. The number of amides is 4. The summed E-state index contributed by atoms with van der Waals surface area (Å²) in [6, 6.07) is 5.71. The number of aryl methyl sites for hydroxylation is 2. The first kappa shape index (κ1) is 22.7. The number of rotatable bonds is 5. The smallest absolute Gasteiger partial charge is 0.324 e. The van der Waals surface area contributed by atoms with Gasteiger partial charge in [0.05, 0.1) is 13.2 Å². The minimum atomic E-state index is -0.705. The molecular weight excluding hydrogens is 406 g/mol. The van der Waals surface area contributed by atoms with E-state index in [-0.39, 0.29) is 23.8 Å². The molecule has 2 atom stereocenters. The number of piperazine rings is 1. The molecule has 1 aromatic carbocycles. The van der Waals surface area contributed by atoms with E-state index in [1.54, 1.807) is 0 Å². The second-order valence-electron chi connectivity index (χ2n) is 9.63. The highest BCUT2D eigenvalue weighted by Gasteiger charge is 2.55. The number of hydrogen-bond donors (Lipinski definition) is 2. The van der Waals surface area contributed by atoms with E-state index in [9.17, 15) is 14.4 Å². The van der Waals surface area contributed by atoms with E-state index in [1.807, 2.05) is 32.0 Å². The van der Waals surface area contributed by atoms with Crippen LogP contribution in [-0.4, -0.2) is 77.5 Å². The van der Waals surface area contributed by atoms with Gasteiger partial charge in [-0.25, -0.2) is 9.69 Å². The van der Waals surface area contributed by atoms with E-state index in [1.165, 1.54) is 4.90 Å². The second kappa shape index (κ2) is 9.19. The van der Waals surface area contributed by atoms with Crippen LogP contribution < -0.4 is 10.6 Å². The van der Waals surface area contributed by atoms with Gasteiger partial charge >= 0.3 is 6.03 Å². The summed E-state index contributed by atoms with van der Waals surface area (Å²) in [5.74, 6) is 0.0910. The third kappa shape index (κ3) is 4.38. The molecule has 8 heteroatoms. The minimum absolute atomic E-state index is 0.0156. The van der Waals surface area contributed by atoms with Crippen LogP contribution in [0.1, 0.15) is 43.7 Å². The molecule has 1 aromatic rings. The normalized spacial score (nSPS) is 27.1. The number of nitrogens with one attached hydrogen (secondary N) is 2. The van der Waals surface area contributed by atoms with Crippen LogP contribution in [-0.2, 0) is 9.59 Å². The van der Waals surface area contributed by atoms with Gasteiger partial charge in [-0.15, -0.1) is 0 Å². The topological polar surface area (TPSA) is 85.0 Å². The van der Waals surface area contributed by atoms with Gasteiger partial charge in [-0.1, -0.05) is 38.0 Å². The van der Waals surface area contributed by atoms with E-state index in [0.717, 1.165) is 68.7 Å². The van der Waals surface area contributed by atoms with Gasteiger partial charge < -0.3 is 10.6 Å². The lowest BCUT2D eigenvalue weighted by Crippen LogP contribution is -2.55. The number of hydrogen-bond acceptors (Lipinski definition) is 5. The molecule has 3 fully saturated rings. The van der Waals surface area contributed by atoms with Gasteiger partial charge in [-0.05, 0) is 43.7 Å². The van der Waals surface area contributed by atoms with Gasteiger partial charge in [0.15, 0.2) is 0 Å². The number of para-hydroxylation sites is 1. The van der Waals surface area contributed by atoms with Gasteiger partial charge in [-0.3, -0.25) is 19.4 Å². The molecule has 2 saturated heterocycles. The Balaban J connectivity index is 1.27. The van der Waals surface area contributed by atoms with Crippen LogP contribution in [0.3, 0.4) is 0 Å². The van der Waals surface area contributed by atoms with Crippen LogP contribution in [0.15, 0.2) is 18.2 Å². The van der Waals surface area contributed by atoms with Crippen LogP contribution in [0.25, 0.3) is 0 Å². The predicted molar refractivity (Wildman–Crippen MR) is 123 cm³/mol. The van der Waals surface area contributed by atoms with Crippen LogP contribution in [0.5, 0.6) is 0 Å². The summed E-state index contributed by atoms with van der Waals surface area (Å²) < 4.78 is 0. The minimum Gasteiger partial charge on any atom is -0.324 e. The molecule has 8 nitrogen and oxygen atoms in total. The molecule has 0 aromatic heterocycles. The zero-order valence-corrected chi connectivity index (χ0v) is 19.4. The van der Waals surface area contributed by atoms with Gasteiger partial charge in [-0.2, -0.15) is 0 Å². The van der Waals surface area contributed by atoms with E-state index < -0.39 is 5.54 Å². The lowest BCUT2D eigenvalue weighted by molar-refractivity contribution is -0.136. The average Bonchev–Trinajstić information content (AvgIpc) is 2.99. The Kier molecular flexibility index (Phi) is 6.53. The molecule has 1 saturated carbocycles. The maximum Gasteiger partial charge on any atom is 0.326 e. The number of urea groups is 1. The standard InChI is InChI=1S/C24H35N5O3/c1-17-7-6-8-18(2)21(17)25-20(30)15-27-11-13-28(14-12-27)16-29-22(31)24(26-23(29)32)10-5-4-9-19(24)3/h6-8,19H,4-5,9-16H2,1-3H3,(H,25,30)(H,26,32). The Morgan fingerprint density at radius 2 is 1.75 bits per heavy atom. The van der Waals surface area contributed by atoms with Crippen molar-refractivity contribution in [2.24, 2.45) is 5.92 Å². The highest BCUT2D eigenvalue weighted by atomic mass is 16.2. The first-order valence-electron chi connectivity index (χ1n) is 11.7. The molecule has 0 radical (unpaired) electrons. The molecule has 0 bridgehead atoms. The van der Waals surface area contributed by atoms with Crippen molar-refractivity contribution >= 4 is 23.5 Å². The summed E-state index contributed by atoms with van der Waals surface area (Å²) in [7, 11) is 0. The molecule has 3 aliphatic rings. The highest BCUT2D eigenvalue weighted by Crippen LogP contribution is 2.38. The lowest BCUT2D eigenvalue weighted by Gasteiger charge is -2.38. The molecule has 174 valence electrons. The zero-order chi connectivity index (χ0) is 22.9. The Hall–Kier alpha value is -2.45. The number of nitrogens with zero attached hydrogens (tertiary/aromatic N) is 3. The monoisotopic (exact) mass is 441 g/mol. The lowest BCUT2D eigenvalue weighted by atomic mass is 9.73. The van der Waals surface area contributed by atoms with Crippen molar-refractivity contribution in [3.05, 3.63) is 29.3 Å². The highest BCUT2D eigenvalue weighted by molar-refractivity contribution is 6.07. The number of carbonyl (C=O) groups is 3. The molecule has 1 spiro atoms. The van der Waals surface area contributed by atoms with E-state index in [2.05, 4.69) is 27.4 Å². The van der Waals surface area contributed by atoms with Crippen LogP contribution in [0.4, 0.5) is 10.5 Å². The van der Waals surface area contributed by atoms with Crippen molar-refractivity contribution in [1.29, 1.82) is 0 Å². The fourth-order valence-electron chi connectivity index (χ4n) is 5.31. The fraction of sp³-hybridized carbons (Fsp3) is 0.625. The molecular formula is C24H35N5O3. The van der Waals surface area contributed by atoms with Crippen LogP contribution in [0, 0.1) is 19.8 Å². The maximum atomic E-state index is 13.2.